The lowest BCUT2D eigenvalue weighted by Crippen LogP contribution is -2.35. The number of amidine groups is 1. The van der Waals surface area contributed by atoms with Crippen molar-refractivity contribution in [1.29, 1.82) is 5.41 Å². The van der Waals surface area contributed by atoms with Crippen LogP contribution in [-0.4, -0.2) is 44.4 Å². The van der Waals surface area contributed by atoms with E-state index >= 15 is 0 Å². The van der Waals surface area contributed by atoms with Crippen LogP contribution < -0.4 is 15.6 Å². The molecule has 0 atom stereocenters. The van der Waals surface area contributed by atoms with Crippen molar-refractivity contribution in [1.82, 2.24) is 4.90 Å². The Morgan fingerprint density at radius 2 is 1.70 bits per heavy atom. The minimum Gasteiger partial charge on any atom is -0.466 e. The van der Waals surface area contributed by atoms with Crippen molar-refractivity contribution in [2.75, 3.05) is 13.2 Å². The van der Waals surface area contributed by atoms with Gasteiger partial charge in [0, 0.05) is 24.2 Å². The third-order valence-corrected chi connectivity index (χ3v) is 6.29. The molecular weight excluding hydrogens is 496 g/mol. The van der Waals surface area contributed by atoms with Crippen LogP contribution in [0.2, 0.25) is 0 Å². The molecule has 1 amide bonds. The van der Waals surface area contributed by atoms with Gasteiger partial charge in [0.05, 0.1) is 17.9 Å². The SMILES string of the molecule is CCOC(=O)CCN(Cc1cccc(C(=N)N)c1)C(=O)Oc1ccc(-c2ccccc2S(N)(=O)=O)cc1. The van der Waals surface area contributed by atoms with Gasteiger partial charge in [-0.05, 0) is 42.3 Å². The third kappa shape index (κ3) is 7.63. The maximum atomic E-state index is 13.0. The van der Waals surface area contributed by atoms with Gasteiger partial charge in [0.2, 0.25) is 10.0 Å². The van der Waals surface area contributed by atoms with Gasteiger partial charge in [-0.2, -0.15) is 0 Å². The number of benzene rings is 3. The van der Waals surface area contributed by atoms with Crippen molar-refractivity contribution in [3.05, 3.63) is 83.9 Å². The molecule has 3 aromatic carbocycles. The first-order valence-corrected chi connectivity index (χ1v) is 12.9. The molecule has 5 N–H and O–H groups in total. The van der Waals surface area contributed by atoms with E-state index in [1.807, 2.05) is 0 Å². The molecule has 0 heterocycles. The fourth-order valence-electron chi connectivity index (χ4n) is 3.57. The maximum Gasteiger partial charge on any atom is 0.415 e. The monoisotopic (exact) mass is 524 g/mol. The van der Waals surface area contributed by atoms with Crippen molar-refractivity contribution < 1.29 is 27.5 Å². The Hall–Kier alpha value is -4.22. The summed E-state index contributed by atoms with van der Waals surface area (Å²) in [5.74, 6) is -0.331. The zero-order valence-corrected chi connectivity index (χ0v) is 21.0. The second kappa shape index (κ2) is 12.2. The lowest BCUT2D eigenvalue weighted by atomic mass is 10.1. The summed E-state index contributed by atoms with van der Waals surface area (Å²) in [6.45, 7) is 2.08. The van der Waals surface area contributed by atoms with E-state index < -0.39 is 22.1 Å². The normalized spacial score (nSPS) is 11.0. The minimum absolute atomic E-state index is 0.0160. The van der Waals surface area contributed by atoms with Crippen LogP contribution >= 0.6 is 0 Å². The van der Waals surface area contributed by atoms with Crippen LogP contribution in [0.1, 0.15) is 24.5 Å². The number of nitrogen functional groups attached to an aromatic ring is 1. The number of amides is 1. The van der Waals surface area contributed by atoms with E-state index in [-0.39, 0.29) is 42.6 Å². The van der Waals surface area contributed by atoms with E-state index in [4.69, 9.17) is 25.8 Å². The van der Waals surface area contributed by atoms with Crippen molar-refractivity contribution >= 4 is 27.9 Å². The zero-order chi connectivity index (χ0) is 27.0. The number of nitrogens with one attached hydrogen (secondary N) is 1. The summed E-state index contributed by atoms with van der Waals surface area (Å²) >= 11 is 0. The fraction of sp³-hybridized carbons (Fsp3) is 0.192. The standard InChI is InChI=1S/C26H28N4O6S/c1-2-35-24(31)14-15-30(17-18-6-5-7-20(16-18)25(27)28)26(32)36-21-12-10-19(11-13-21)22-8-3-4-9-23(22)37(29,33)34/h3-13,16H,2,14-15,17H2,1H3,(H3,27,28)(H2,29,33,34). The Morgan fingerprint density at radius 3 is 2.35 bits per heavy atom. The number of ether oxygens (including phenoxy) is 2. The van der Waals surface area contributed by atoms with E-state index in [1.165, 1.54) is 23.1 Å². The van der Waals surface area contributed by atoms with Crippen molar-refractivity contribution in [3.8, 4) is 16.9 Å². The molecule has 0 aliphatic carbocycles. The number of carbonyl (C=O) groups is 2. The number of sulfonamides is 1. The number of rotatable bonds is 10. The summed E-state index contributed by atoms with van der Waals surface area (Å²) in [7, 11) is -3.93. The largest absolute Gasteiger partial charge is 0.466 e. The van der Waals surface area contributed by atoms with Crippen LogP contribution in [0, 0.1) is 5.41 Å². The summed E-state index contributed by atoms with van der Waals surface area (Å²) in [5, 5.41) is 13.0. The molecule has 0 aromatic heterocycles. The second-order valence-corrected chi connectivity index (χ2v) is 9.55. The van der Waals surface area contributed by atoms with E-state index in [2.05, 4.69) is 0 Å². The molecule has 37 heavy (non-hydrogen) atoms. The predicted octanol–water partition coefficient (Wildman–Crippen LogP) is 3.24. The second-order valence-electron chi connectivity index (χ2n) is 8.02. The van der Waals surface area contributed by atoms with Gasteiger partial charge in [0.15, 0.2) is 0 Å². The Bertz CT molecular complexity index is 1390. The molecule has 0 unspecified atom stereocenters. The van der Waals surface area contributed by atoms with Gasteiger partial charge < -0.3 is 20.1 Å². The van der Waals surface area contributed by atoms with Crippen LogP contribution in [0.3, 0.4) is 0 Å². The first-order chi connectivity index (χ1) is 17.6. The molecule has 0 bridgehead atoms. The molecule has 194 valence electrons. The molecule has 0 saturated heterocycles. The Kier molecular flexibility index (Phi) is 8.99. The predicted molar refractivity (Wildman–Crippen MR) is 138 cm³/mol. The summed E-state index contributed by atoms with van der Waals surface area (Å²) < 4.78 is 34.3. The quantitative estimate of drug-likeness (QED) is 0.208. The van der Waals surface area contributed by atoms with Crippen LogP contribution in [0.15, 0.2) is 77.7 Å². The van der Waals surface area contributed by atoms with E-state index in [0.29, 0.717) is 22.3 Å². The van der Waals surface area contributed by atoms with Crippen LogP contribution in [0.5, 0.6) is 5.75 Å². The van der Waals surface area contributed by atoms with Crippen LogP contribution in [-0.2, 0) is 26.1 Å². The van der Waals surface area contributed by atoms with Crippen molar-refractivity contribution in [2.24, 2.45) is 10.9 Å². The molecule has 0 radical (unpaired) electrons. The lowest BCUT2D eigenvalue weighted by Gasteiger charge is -2.22. The average Bonchev–Trinajstić information content (AvgIpc) is 2.86. The molecule has 11 heteroatoms. The molecule has 0 aliphatic rings. The Morgan fingerprint density at radius 1 is 1.00 bits per heavy atom. The van der Waals surface area contributed by atoms with Gasteiger partial charge in [0.1, 0.15) is 11.6 Å². The van der Waals surface area contributed by atoms with E-state index in [0.717, 1.165) is 0 Å². The Balaban J connectivity index is 1.79. The molecule has 0 spiro atoms. The highest BCUT2D eigenvalue weighted by Crippen LogP contribution is 2.28. The number of nitrogens with two attached hydrogens (primary N) is 2. The number of hydrogen-bond donors (Lipinski definition) is 3. The third-order valence-electron chi connectivity index (χ3n) is 5.32. The molecular formula is C26H28N4O6S. The molecule has 3 rings (SSSR count). The summed E-state index contributed by atoms with van der Waals surface area (Å²) in [5.41, 5.74) is 7.77. The lowest BCUT2D eigenvalue weighted by molar-refractivity contribution is -0.143. The van der Waals surface area contributed by atoms with Gasteiger partial charge in [-0.25, -0.2) is 18.4 Å². The van der Waals surface area contributed by atoms with Crippen LogP contribution in [0.25, 0.3) is 11.1 Å². The number of primary sulfonamides is 1. The maximum absolute atomic E-state index is 13.0. The first-order valence-electron chi connectivity index (χ1n) is 11.4. The number of hydrogen-bond acceptors (Lipinski definition) is 7. The summed E-state index contributed by atoms with van der Waals surface area (Å²) in [6, 6.07) is 19.5. The van der Waals surface area contributed by atoms with E-state index in [9.17, 15) is 18.0 Å². The van der Waals surface area contributed by atoms with E-state index in [1.54, 1.807) is 61.5 Å². The summed E-state index contributed by atoms with van der Waals surface area (Å²) in [6.07, 6.45) is -0.728. The minimum atomic E-state index is -3.93. The van der Waals surface area contributed by atoms with Crippen molar-refractivity contribution in [2.45, 2.75) is 24.8 Å². The number of esters is 1. The topological polar surface area (TPSA) is 166 Å². The highest BCUT2D eigenvalue weighted by Gasteiger charge is 2.19. The fourth-order valence-corrected chi connectivity index (χ4v) is 4.33. The van der Waals surface area contributed by atoms with Gasteiger partial charge in [-0.1, -0.05) is 48.5 Å². The molecule has 10 nitrogen and oxygen atoms in total. The van der Waals surface area contributed by atoms with Crippen LogP contribution in [0.4, 0.5) is 4.79 Å². The molecule has 3 aromatic rings. The smallest absolute Gasteiger partial charge is 0.415 e. The van der Waals surface area contributed by atoms with Gasteiger partial charge in [0.25, 0.3) is 0 Å². The molecule has 0 saturated carbocycles. The number of nitrogens with zero attached hydrogens (tertiary/aromatic N) is 1. The van der Waals surface area contributed by atoms with Gasteiger partial charge >= 0.3 is 12.1 Å². The molecule has 0 fully saturated rings. The van der Waals surface area contributed by atoms with Gasteiger partial charge in [-0.3, -0.25) is 10.2 Å². The van der Waals surface area contributed by atoms with Crippen molar-refractivity contribution in [3.63, 3.8) is 0 Å². The highest BCUT2D eigenvalue weighted by molar-refractivity contribution is 7.89. The first kappa shape index (κ1) is 27.4. The number of carbonyl (C=O) groups excluding carboxylic acids is 2. The Labute approximate surface area is 215 Å². The highest BCUT2D eigenvalue weighted by atomic mass is 32.2. The summed E-state index contributed by atoms with van der Waals surface area (Å²) in [4.78, 5) is 26.3. The molecule has 0 aliphatic heterocycles. The average molecular weight is 525 g/mol. The zero-order valence-electron chi connectivity index (χ0n) is 20.2. The van der Waals surface area contributed by atoms with Gasteiger partial charge in [-0.15, -0.1) is 0 Å².